The number of carboxylic acid groups (broad SMARTS) is 2. The number of carbonyl (C=O) groups excluding carboxylic acids is 3. The first-order valence-corrected chi connectivity index (χ1v) is 14.0. The van der Waals surface area contributed by atoms with Crippen molar-refractivity contribution in [3.63, 3.8) is 0 Å². The quantitative estimate of drug-likeness (QED) is 0.130. The van der Waals surface area contributed by atoms with Gasteiger partial charge in [0.1, 0.15) is 16.0 Å². The van der Waals surface area contributed by atoms with Gasteiger partial charge in [-0.2, -0.15) is 4.98 Å². The van der Waals surface area contributed by atoms with Crippen molar-refractivity contribution in [1.82, 2.24) is 25.6 Å². The number of aliphatic carboxylic acids is 2. The molecule has 0 aliphatic rings. The van der Waals surface area contributed by atoms with E-state index in [1.165, 1.54) is 0 Å². The highest BCUT2D eigenvalue weighted by Gasteiger charge is 2.32. The van der Waals surface area contributed by atoms with Crippen molar-refractivity contribution in [2.45, 2.75) is 62.7 Å². The Morgan fingerprint density at radius 2 is 1.70 bits per heavy atom. The number of nitrogens with one attached hydrogen (secondary N) is 4. The highest BCUT2D eigenvalue weighted by molar-refractivity contribution is 9.10. The van der Waals surface area contributed by atoms with Crippen LogP contribution in [0.1, 0.15) is 61.0 Å². The van der Waals surface area contributed by atoms with Gasteiger partial charge in [0, 0.05) is 18.2 Å². The minimum absolute atomic E-state index is 0.0351. The number of nitrogen functional groups attached to an aromatic ring is 1. The van der Waals surface area contributed by atoms with Gasteiger partial charge in [-0.15, -0.1) is 0 Å². The highest BCUT2D eigenvalue weighted by Crippen LogP contribution is 2.26. The van der Waals surface area contributed by atoms with E-state index < -0.39 is 34.2 Å². The lowest BCUT2D eigenvalue weighted by Gasteiger charge is -2.21. The molecular weight excluding hydrogens is 630 g/mol. The number of nitrogens with zero attached hydrogens (tertiary/aromatic N) is 1. The molecule has 3 rings (SSSR count). The number of fused-ring (bicyclic) bond motifs is 1. The van der Waals surface area contributed by atoms with Gasteiger partial charge in [0.2, 0.25) is 11.9 Å². The summed E-state index contributed by atoms with van der Waals surface area (Å²) in [6.45, 7) is 3.72. The molecule has 0 aliphatic heterocycles. The Kier molecular flexibility index (Phi) is 12.4. The molecule has 2 aromatic heterocycles. The largest absolute Gasteiger partial charge is 0.481 e. The Balaban J connectivity index is 0.000000455. The van der Waals surface area contributed by atoms with Crippen molar-refractivity contribution in [2.24, 2.45) is 5.73 Å². The van der Waals surface area contributed by atoms with Gasteiger partial charge in [-0.25, -0.2) is 9.59 Å². The summed E-state index contributed by atoms with van der Waals surface area (Å²) in [5, 5.41) is 22.7. The van der Waals surface area contributed by atoms with E-state index in [9.17, 15) is 28.8 Å². The van der Waals surface area contributed by atoms with Crippen LogP contribution in [0, 0.1) is 0 Å². The van der Waals surface area contributed by atoms with Crippen LogP contribution >= 0.6 is 15.9 Å². The number of anilines is 1. The molecule has 3 aromatic rings. The Labute approximate surface area is 254 Å². The molecule has 1 aromatic carbocycles. The number of H-pyrrole nitrogens is 2. The van der Waals surface area contributed by atoms with Gasteiger partial charge in [0.05, 0.1) is 5.39 Å². The summed E-state index contributed by atoms with van der Waals surface area (Å²) >= 11 is 3.26. The molecule has 1 atom stereocenters. The number of aromatic nitrogens is 3. The maximum atomic E-state index is 12.3. The molecule has 0 aliphatic carbocycles. The minimum Gasteiger partial charge on any atom is -0.481 e. The van der Waals surface area contributed by atoms with Crippen LogP contribution in [0.25, 0.3) is 11.0 Å². The molecule has 15 nitrogen and oxygen atoms in total. The van der Waals surface area contributed by atoms with Gasteiger partial charge in [-0.3, -0.25) is 29.5 Å². The predicted molar refractivity (Wildman–Crippen MR) is 161 cm³/mol. The lowest BCUT2D eigenvalue weighted by atomic mass is 10.0. The van der Waals surface area contributed by atoms with Crippen LogP contribution in [0.5, 0.6) is 0 Å². The standard InChI is InChI=1S/C20H21N5O6.C7H13BrN2O2/c21-20-24-16-15(18(29)25-20)12(9-22-16)6-3-10-1-4-11(5-2-10)17(28)23-13(19(30)31)7-8-14(26)27;1-3-7(8,4-2)5(11)10-6(9)12/h1-2,4-5,9,13H,3,6-8H2,(H,23,28)(H,26,27)(H,30,31)(H4,21,22,24,25,29);3-4H2,1-2H3,(H3,9,10,11,12)/t13-;/m0./s1. The molecule has 0 saturated carbocycles. The average Bonchev–Trinajstić information content (AvgIpc) is 3.36. The van der Waals surface area contributed by atoms with E-state index >= 15 is 0 Å². The fourth-order valence-electron chi connectivity index (χ4n) is 3.98. The van der Waals surface area contributed by atoms with Gasteiger partial charge in [-0.1, -0.05) is 41.9 Å². The number of hydrogen-bond donors (Lipinski definition) is 8. The third kappa shape index (κ3) is 9.95. The van der Waals surface area contributed by atoms with Gasteiger partial charge >= 0.3 is 18.0 Å². The molecule has 232 valence electrons. The molecule has 0 unspecified atom stereocenters. The SMILES string of the molecule is CCC(Br)(CC)C(=O)NC(N)=O.Nc1nc2[nH]cc(CCc3ccc(C(=O)N[C@@H](CCC(=O)O)C(=O)O)cc3)c2c(=O)[nH]1. The zero-order chi connectivity index (χ0) is 32.3. The van der Waals surface area contributed by atoms with Crippen molar-refractivity contribution >= 4 is 62.7 Å². The van der Waals surface area contributed by atoms with Gasteiger partial charge < -0.3 is 32.0 Å². The van der Waals surface area contributed by atoms with Crippen LogP contribution in [-0.4, -0.2) is 65.3 Å². The molecule has 2 heterocycles. The molecule has 0 bridgehead atoms. The van der Waals surface area contributed by atoms with Gasteiger partial charge in [0.25, 0.3) is 11.5 Å². The maximum Gasteiger partial charge on any atom is 0.326 e. The number of hydrogen-bond acceptors (Lipinski definition) is 8. The monoisotopic (exact) mass is 663 g/mol. The number of urea groups is 1. The second-order valence-electron chi connectivity index (χ2n) is 9.47. The average molecular weight is 665 g/mol. The molecule has 4 amide bonds. The van der Waals surface area contributed by atoms with E-state index in [1.54, 1.807) is 30.5 Å². The number of carboxylic acids is 2. The summed E-state index contributed by atoms with van der Waals surface area (Å²) in [7, 11) is 0. The third-order valence-corrected chi connectivity index (χ3v) is 8.04. The van der Waals surface area contributed by atoms with Crippen molar-refractivity contribution < 1.29 is 34.2 Å². The first-order valence-electron chi connectivity index (χ1n) is 13.2. The zero-order valence-corrected chi connectivity index (χ0v) is 25.1. The van der Waals surface area contributed by atoms with Gasteiger partial charge in [0.15, 0.2) is 0 Å². The fourth-order valence-corrected chi connectivity index (χ4v) is 4.08. The summed E-state index contributed by atoms with van der Waals surface area (Å²) in [6, 6.07) is 4.49. The summed E-state index contributed by atoms with van der Waals surface area (Å²) in [5.41, 5.74) is 12.4. The molecule has 0 fully saturated rings. The highest BCUT2D eigenvalue weighted by atomic mass is 79.9. The fraction of sp³-hybridized carbons (Fsp3) is 0.370. The summed E-state index contributed by atoms with van der Waals surface area (Å²) in [5.74, 6) is -3.37. The minimum atomic E-state index is -1.30. The Morgan fingerprint density at radius 3 is 2.23 bits per heavy atom. The Morgan fingerprint density at radius 1 is 1.07 bits per heavy atom. The molecule has 0 radical (unpaired) electrons. The number of carbonyl (C=O) groups is 5. The van der Waals surface area contributed by atoms with Crippen LogP contribution < -0.4 is 27.7 Å². The van der Waals surface area contributed by atoms with Gasteiger partial charge in [-0.05, 0) is 55.4 Å². The topological polar surface area (TPSA) is 263 Å². The molecule has 10 N–H and O–H groups in total. The number of alkyl halides is 1. The number of imide groups is 1. The number of primary amides is 1. The van der Waals surface area contributed by atoms with Crippen LogP contribution in [0.4, 0.5) is 10.7 Å². The lowest BCUT2D eigenvalue weighted by molar-refractivity contribution is -0.140. The zero-order valence-electron chi connectivity index (χ0n) is 23.5. The van der Waals surface area contributed by atoms with E-state index in [1.807, 2.05) is 19.2 Å². The van der Waals surface area contributed by atoms with E-state index in [0.29, 0.717) is 36.7 Å². The number of amides is 4. The Bertz CT molecular complexity index is 1530. The van der Waals surface area contributed by atoms with Crippen LogP contribution in [0.2, 0.25) is 0 Å². The van der Waals surface area contributed by atoms with E-state index in [2.05, 4.69) is 36.2 Å². The van der Waals surface area contributed by atoms with Crippen molar-refractivity contribution in [2.75, 3.05) is 5.73 Å². The molecule has 43 heavy (non-hydrogen) atoms. The molecule has 0 spiro atoms. The second kappa shape index (κ2) is 15.5. The number of halogens is 1. The number of benzene rings is 1. The third-order valence-electron chi connectivity index (χ3n) is 6.56. The van der Waals surface area contributed by atoms with E-state index in [-0.39, 0.29) is 35.8 Å². The molecule has 16 heteroatoms. The lowest BCUT2D eigenvalue weighted by Crippen LogP contribution is -2.46. The normalized spacial score (nSPS) is 11.6. The predicted octanol–water partition coefficient (Wildman–Crippen LogP) is 1.80. The van der Waals surface area contributed by atoms with Crippen molar-refractivity contribution in [1.29, 1.82) is 0 Å². The van der Waals surface area contributed by atoms with Crippen molar-refractivity contribution in [3.8, 4) is 0 Å². The molecular formula is C27H34BrN7O8. The maximum absolute atomic E-state index is 12.3. The number of aryl methyl sites for hydroxylation is 2. The Hall–Kier alpha value is -4.73. The smallest absolute Gasteiger partial charge is 0.326 e. The molecule has 0 saturated heterocycles. The number of nitrogens with two attached hydrogens (primary N) is 2. The summed E-state index contributed by atoms with van der Waals surface area (Å²) in [6.07, 6.45) is 3.50. The second-order valence-corrected chi connectivity index (χ2v) is 11.0. The van der Waals surface area contributed by atoms with Crippen LogP contribution in [0.15, 0.2) is 35.3 Å². The number of rotatable bonds is 12. The number of aromatic amines is 2. The summed E-state index contributed by atoms with van der Waals surface area (Å²) in [4.78, 5) is 77.3. The van der Waals surface area contributed by atoms with Crippen molar-refractivity contribution in [3.05, 3.63) is 57.5 Å². The van der Waals surface area contributed by atoms with E-state index in [4.69, 9.17) is 21.7 Å². The summed E-state index contributed by atoms with van der Waals surface area (Å²) < 4.78 is -0.665. The van der Waals surface area contributed by atoms with E-state index in [0.717, 1.165) is 11.1 Å². The first-order chi connectivity index (χ1) is 20.2. The first kappa shape index (κ1) is 34.5. The van der Waals surface area contributed by atoms with Crippen LogP contribution in [-0.2, 0) is 27.2 Å². The van der Waals surface area contributed by atoms with Crippen LogP contribution in [0.3, 0.4) is 0 Å².